The van der Waals surface area contributed by atoms with Crippen molar-refractivity contribution in [3.8, 4) is 0 Å². The third-order valence-electron chi connectivity index (χ3n) is 13.2. The lowest BCUT2D eigenvalue weighted by molar-refractivity contribution is 0.0693. The summed E-state index contributed by atoms with van der Waals surface area (Å²) in [5.74, 6) is 0.245. The Morgan fingerprint density at radius 1 is 0.547 bits per heavy atom. The first-order valence-corrected chi connectivity index (χ1v) is 22.8. The zero-order valence-corrected chi connectivity index (χ0v) is 36.1. The van der Waals surface area contributed by atoms with E-state index in [0.29, 0.717) is 49.5 Å². The Morgan fingerprint density at radius 2 is 1.03 bits per heavy atom. The van der Waals surface area contributed by atoms with Crippen LogP contribution in [0, 0.1) is 0 Å². The summed E-state index contributed by atoms with van der Waals surface area (Å²) in [5, 5.41) is 18.5. The predicted molar refractivity (Wildman–Crippen MR) is 236 cm³/mol. The third kappa shape index (κ3) is 9.98. The van der Waals surface area contributed by atoms with Crippen molar-refractivity contribution in [2.75, 3.05) is 39.3 Å². The molecule has 5 fully saturated rings. The second-order valence-electron chi connectivity index (χ2n) is 17.7. The highest BCUT2D eigenvalue weighted by atomic mass is 16.6. The van der Waals surface area contributed by atoms with Gasteiger partial charge in [0.15, 0.2) is 0 Å². The Labute approximate surface area is 373 Å². The van der Waals surface area contributed by atoms with E-state index in [4.69, 9.17) is 14.6 Å². The van der Waals surface area contributed by atoms with Gasteiger partial charge in [-0.3, -0.25) is 19.1 Å². The number of aromatic carboxylic acids is 1. The minimum Gasteiger partial charge on any atom is -0.478 e. The average Bonchev–Trinajstić information content (AvgIpc) is 4.22. The van der Waals surface area contributed by atoms with Crippen molar-refractivity contribution in [3.05, 3.63) is 137 Å². The lowest BCUT2D eigenvalue weighted by Crippen LogP contribution is -2.39. The highest BCUT2D eigenvalue weighted by Crippen LogP contribution is 2.45. The molecule has 1 atom stereocenters. The molecule has 10 rings (SSSR count). The minimum absolute atomic E-state index is 0.0986. The maximum absolute atomic E-state index is 13.6. The quantitative estimate of drug-likeness (QED) is 0.137. The van der Waals surface area contributed by atoms with Crippen LogP contribution in [0.25, 0.3) is 0 Å². The highest BCUT2D eigenvalue weighted by Gasteiger charge is 2.39. The maximum atomic E-state index is 13.6. The average molecular weight is 869 g/mol. The van der Waals surface area contributed by atoms with Crippen LogP contribution in [0.15, 0.2) is 97.6 Å². The first-order chi connectivity index (χ1) is 31.3. The molecule has 5 aromatic rings. The van der Waals surface area contributed by atoms with Gasteiger partial charge in [-0.05, 0) is 80.5 Å². The van der Waals surface area contributed by atoms with Gasteiger partial charge in [0.05, 0.1) is 41.4 Å². The van der Waals surface area contributed by atoms with Crippen LogP contribution >= 0.6 is 0 Å². The van der Waals surface area contributed by atoms with Crippen molar-refractivity contribution in [1.82, 2.24) is 39.2 Å². The van der Waals surface area contributed by atoms with Crippen LogP contribution in [-0.2, 0) is 22.7 Å². The number of nitrogens with zero attached hydrogens (tertiary/aromatic N) is 8. The van der Waals surface area contributed by atoms with E-state index in [1.54, 1.807) is 22.2 Å². The number of benzene rings is 2. The summed E-state index contributed by atoms with van der Waals surface area (Å²) in [6.07, 6.45) is 14.7. The summed E-state index contributed by atoms with van der Waals surface area (Å²) < 4.78 is 14.9. The monoisotopic (exact) mass is 868 g/mol. The standard InChI is InChI=1S/C29H33N5O3.C20H23N3O4/c35-28(33-14-10-24(19-33)23-7-4-13-30-17-23)26-18-31-34(27(26)22-8-9-22)25-11-15-32(16-12-25)29(36)37-20-21-5-2-1-3-6-21;24-19(25)17-12-21-23(18(17)15-6-7-15)16-8-10-22(11-9-16)20(26)27-13-14-4-2-1-3-5-14/h1-7,13,17-18,22,24-25H,8-12,14-16,19-20H2;1-5,12,15-16H,6-11,13H2,(H,24,25). The lowest BCUT2D eigenvalue weighted by atomic mass is 10.0. The van der Waals surface area contributed by atoms with E-state index in [1.165, 1.54) is 11.8 Å². The fourth-order valence-corrected chi connectivity index (χ4v) is 9.39. The molecule has 2 aromatic carbocycles. The van der Waals surface area contributed by atoms with Gasteiger partial charge in [-0.2, -0.15) is 10.2 Å². The normalized spacial score (nSPS) is 19.2. The molecule has 0 bridgehead atoms. The molecule has 3 aromatic heterocycles. The molecule has 0 radical (unpaired) electrons. The molecule has 3 amide bonds. The van der Waals surface area contributed by atoms with Gasteiger partial charge in [0.2, 0.25) is 0 Å². The molecule has 334 valence electrons. The number of rotatable bonds is 11. The predicted octanol–water partition coefficient (Wildman–Crippen LogP) is 8.19. The number of aromatic nitrogens is 5. The van der Waals surface area contributed by atoms with Crippen LogP contribution in [0.2, 0.25) is 0 Å². The summed E-state index contributed by atoms with van der Waals surface area (Å²) in [5.41, 5.74) is 6.18. The number of carbonyl (C=O) groups is 4. The number of pyridine rings is 1. The number of amides is 3. The summed E-state index contributed by atoms with van der Waals surface area (Å²) in [4.78, 5) is 59.7. The smallest absolute Gasteiger partial charge is 0.410 e. The van der Waals surface area contributed by atoms with Crippen molar-refractivity contribution in [1.29, 1.82) is 0 Å². The van der Waals surface area contributed by atoms with E-state index in [-0.39, 0.29) is 43.4 Å². The van der Waals surface area contributed by atoms with Gasteiger partial charge in [0, 0.05) is 69.4 Å². The van der Waals surface area contributed by atoms with Crippen LogP contribution in [0.4, 0.5) is 9.59 Å². The molecular formula is C49H56N8O7. The number of carbonyl (C=O) groups excluding carboxylic acids is 3. The van der Waals surface area contributed by atoms with Crippen molar-refractivity contribution >= 4 is 24.1 Å². The molecule has 2 saturated carbocycles. The number of hydrogen-bond donors (Lipinski definition) is 1. The van der Waals surface area contributed by atoms with E-state index in [9.17, 15) is 24.3 Å². The Balaban J connectivity index is 0.000000170. The number of piperidine rings is 2. The Kier molecular flexibility index (Phi) is 13.0. The third-order valence-corrected chi connectivity index (χ3v) is 13.2. The highest BCUT2D eigenvalue weighted by molar-refractivity contribution is 5.95. The van der Waals surface area contributed by atoms with Crippen molar-refractivity contribution in [2.45, 2.75) is 101 Å². The van der Waals surface area contributed by atoms with E-state index < -0.39 is 5.97 Å². The zero-order valence-electron chi connectivity index (χ0n) is 36.1. The van der Waals surface area contributed by atoms with Crippen molar-refractivity contribution in [3.63, 3.8) is 0 Å². The molecule has 1 N–H and O–H groups in total. The van der Waals surface area contributed by atoms with E-state index >= 15 is 0 Å². The second-order valence-corrected chi connectivity index (χ2v) is 17.7. The fraction of sp³-hybridized carbons (Fsp3) is 0.449. The molecule has 3 saturated heterocycles. The summed E-state index contributed by atoms with van der Waals surface area (Å²) in [6.45, 7) is 4.48. The van der Waals surface area contributed by atoms with Gasteiger partial charge in [0.1, 0.15) is 18.8 Å². The molecule has 0 spiro atoms. The van der Waals surface area contributed by atoms with Gasteiger partial charge in [-0.1, -0.05) is 66.7 Å². The van der Waals surface area contributed by atoms with E-state index in [0.717, 1.165) is 99.0 Å². The van der Waals surface area contributed by atoms with E-state index in [2.05, 4.69) is 20.8 Å². The molecule has 2 aliphatic carbocycles. The van der Waals surface area contributed by atoms with Crippen LogP contribution < -0.4 is 0 Å². The molecule has 3 aliphatic heterocycles. The van der Waals surface area contributed by atoms with Gasteiger partial charge in [0.25, 0.3) is 5.91 Å². The molecule has 6 heterocycles. The summed E-state index contributed by atoms with van der Waals surface area (Å²) >= 11 is 0. The van der Waals surface area contributed by atoms with Crippen LogP contribution in [-0.4, -0.2) is 108 Å². The fourth-order valence-electron chi connectivity index (χ4n) is 9.39. The minimum atomic E-state index is -0.912. The number of hydrogen-bond acceptors (Lipinski definition) is 9. The molecular weight excluding hydrogens is 813 g/mol. The van der Waals surface area contributed by atoms with Crippen molar-refractivity contribution < 1.29 is 33.8 Å². The van der Waals surface area contributed by atoms with E-state index in [1.807, 2.05) is 82.5 Å². The van der Waals surface area contributed by atoms with Crippen LogP contribution in [0.5, 0.6) is 0 Å². The largest absolute Gasteiger partial charge is 0.478 e. The van der Waals surface area contributed by atoms with Gasteiger partial charge >= 0.3 is 18.2 Å². The van der Waals surface area contributed by atoms with Crippen LogP contribution in [0.1, 0.15) is 136 Å². The summed E-state index contributed by atoms with van der Waals surface area (Å²) in [6, 6.07) is 23.7. The summed E-state index contributed by atoms with van der Waals surface area (Å²) in [7, 11) is 0. The Bertz CT molecular complexity index is 2380. The van der Waals surface area contributed by atoms with Gasteiger partial charge in [-0.15, -0.1) is 0 Å². The number of likely N-dealkylation sites (tertiary alicyclic amines) is 3. The molecule has 15 nitrogen and oxygen atoms in total. The number of carboxylic acid groups (broad SMARTS) is 1. The Hall–Kier alpha value is -6.51. The van der Waals surface area contributed by atoms with Crippen molar-refractivity contribution in [2.24, 2.45) is 0 Å². The maximum Gasteiger partial charge on any atom is 0.410 e. The molecule has 1 unspecified atom stereocenters. The first-order valence-electron chi connectivity index (χ1n) is 22.8. The number of carboxylic acids is 1. The second kappa shape index (κ2) is 19.5. The molecule has 15 heteroatoms. The Morgan fingerprint density at radius 3 is 1.50 bits per heavy atom. The molecule has 5 aliphatic rings. The lowest BCUT2D eigenvalue weighted by Gasteiger charge is -2.32. The SMILES string of the molecule is O=C(O)c1cnn(C2CCN(C(=O)OCc3ccccc3)CC2)c1C1CC1.O=C(OCc1ccccc1)N1CCC(n2ncc(C(=O)N3CCC(c4cccnc4)C3)c2C2CC2)CC1. The zero-order chi connectivity index (χ0) is 44.0. The topological polar surface area (TPSA) is 165 Å². The number of ether oxygens (including phenoxy) is 2. The van der Waals surface area contributed by atoms with Gasteiger partial charge in [-0.25, -0.2) is 14.4 Å². The van der Waals surface area contributed by atoms with Crippen LogP contribution in [0.3, 0.4) is 0 Å². The first kappa shape index (κ1) is 42.8. The van der Waals surface area contributed by atoms with Gasteiger partial charge < -0.3 is 29.3 Å². The molecule has 64 heavy (non-hydrogen) atoms.